The highest BCUT2D eigenvalue weighted by molar-refractivity contribution is 5.83. The molecule has 1 N–H and O–H groups in total. The second-order valence-corrected chi connectivity index (χ2v) is 6.84. The molecule has 0 aromatic heterocycles. The van der Waals surface area contributed by atoms with Gasteiger partial charge in [-0.05, 0) is 23.3 Å². The van der Waals surface area contributed by atoms with Gasteiger partial charge in [0.05, 0.1) is 13.0 Å². The Bertz CT molecular complexity index is 774. The van der Waals surface area contributed by atoms with E-state index in [0.717, 1.165) is 16.9 Å². The van der Waals surface area contributed by atoms with Crippen LogP contribution in [0.5, 0.6) is 5.75 Å². The van der Waals surface area contributed by atoms with Crippen LogP contribution in [0, 0.1) is 5.92 Å². The Hall–Kier alpha value is -2.82. The lowest BCUT2D eigenvalue weighted by molar-refractivity contribution is -0.130. The number of hydrogen-bond acceptors (Lipinski definition) is 3. The predicted molar refractivity (Wildman–Crippen MR) is 104 cm³/mol. The Labute approximate surface area is 160 Å². The van der Waals surface area contributed by atoms with Crippen LogP contribution in [-0.4, -0.2) is 36.9 Å². The van der Waals surface area contributed by atoms with Crippen molar-refractivity contribution >= 4 is 11.8 Å². The number of ether oxygens (including phenoxy) is 1. The van der Waals surface area contributed by atoms with Crippen molar-refractivity contribution in [3.8, 4) is 5.75 Å². The summed E-state index contributed by atoms with van der Waals surface area (Å²) in [4.78, 5) is 26.9. The summed E-state index contributed by atoms with van der Waals surface area (Å²) in [7, 11) is 1.63. The van der Waals surface area contributed by atoms with E-state index in [-0.39, 0.29) is 23.7 Å². The topological polar surface area (TPSA) is 58.6 Å². The lowest BCUT2D eigenvalue weighted by Crippen LogP contribution is -2.35. The summed E-state index contributed by atoms with van der Waals surface area (Å²) in [6.07, 6.45) is 0.452. The molecule has 0 saturated carbocycles. The molecule has 27 heavy (non-hydrogen) atoms. The van der Waals surface area contributed by atoms with Crippen LogP contribution in [-0.2, 0) is 16.1 Å². The minimum Gasteiger partial charge on any atom is -0.497 e. The number of nitrogens with zero attached hydrogens (tertiary/aromatic N) is 1. The molecular formula is C22H26N2O3. The van der Waals surface area contributed by atoms with E-state index >= 15 is 0 Å². The maximum Gasteiger partial charge on any atom is 0.225 e. The molecule has 1 heterocycles. The lowest BCUT2D eigenvalue weighted by atomic mass is 9.88. The van der Waals surface area contributed by atoms with Gasteiger partial charge in [-0.2, -0.15) is 0 Å². The molecule has 0 bridgehead atoms. The zero-order valence-electron chi connectivity index (χ0n) is 15.9. The van der Waals surface area contributed by atoms with Crippen molar-refractivity contribution < 1.29 is 14.3 Å². The van der Waals surface area contributed by atoms with Gasteiger partial charge in [0.2, 0.25) is 11.8 Å². The highest BCUT2D eigenvalue weighted by atomic mass is 16.5. The number of amides is 2. The predicted octanol–water partition coefficient (Wildman–Crippen LogP) is 2.96. The maximum atomic E-state index is 12.9. The molecule has 142 valence electrons. The van der Waals surface area contributed by atoms with Crippen LogP contribution in [0.25, 0.3) is 0 Å². The van der Waals surface area contributed by atoms with Gasteiger partial charge < -0.3 is 15.0 Å². The Morgan fingerprint density at radius 2 is 1.78 bits per heavy atom. The van der Waals surface area contributed by atoms with Crippen LogP contribution in [0.1, 0.15) is 30.4 Å². The van der Waals surface area contributed by atoms with E-state index < -0.39 is 0 Å². The van der Waals surface area contributed by atoms with Crippen LogP contribution in [0.2, 0.25) is 0 Å². The molecular weight excluding hydrogens is 340 g/mol. The average molecular weight is 366 g/mol. The molecule has 0 unspecified atom stereocenters. The van der Waals surface area contributed by atoms with Gasteiger partial charge in [-0.3, -0.25) is 9.59 Å². The van der Waals surface area contributed by atoms with E-state index in [9.17, 15) is 9.59 Å². The van der Waals surface area contributed by atoms with E-state index in [1.807, 2.05) is 66.4 Å². The van der Waals surface area contributed by atoms with Crippen LogP contribution in [0.15, 0.2) is 54.6 Å². The van der Waals surface area contributed by atoms with Crippen molar-refractivity contribution in [2.75, 3.05) is 20.2 Å². The molecule has 2 amide bonds. The molecule has 0 radical (unpaired) electrons. The highest BCUT2D eigenvalue weighted by Gasteiger charge is 2.39. The van der Waals surface area contributed by atoms with E-state index in [4.69, 9.17) is 4.74 Å². The molecule has 0 aliphatic carbocycles. The Kier molecular flexibility index (Phi) is 6.12. The van der Waals surface area contributed by atoms with Crippen molar-refractivity contribution in [3.05, 3.63) is 65.7 Å². The normalized spacial score (nSPS) is 19.0. The van der Waals surface area contributed by atoms with Gasteiger partial charge in [-0.1, -0.05) is 49.4 Å². The maximum absolute atomic E-state index is 12.9. The highest BCUT2D eigenvalue weighted by Crippen LogP contribution is 2.34. The molecule has 2 aromatic rings. The first kappa shape index (κ1) is 19.0. The number of rotatable bonds is 6. The van der Waals surface area contributed by atoms with Crippen LogP contribution in [0.4, 0.5) is 0 Å². The number of hydrogen-bond donors (Lipinski definition) is 1. The van der Waals surface area contributed by atoms with Crippen LogP contribution in [0.3, 0.4) is 0 Å². The molecule has 2 aromatic carbocycles. The van der Waals surface area contributed by atoms with Crippen molar-refractivity contribution in [1.29, 1.82) is 0 Å². The summed E-state index contributed by atoms with van der Waals surface area (Å²) < 4.78 is 5.23. The Balaban J connectivity index is 1.75. The summed E-state index contributed by atoms with van der Waals surface area (Å²) in [6.45, 7) is 3.38. The number of nitrogens with one attached hydrogen (secondary N) is 1. The third kappa shape index (κ3) is 4.48. The number of carbonyl (C=O) groups is 2. The van der Waals surface area contributed by atoms with Crippen LogP contribution < -0.4 is 10.1 Å². The standard InChI is InChI=1S/C22H26N2O3/c1-3-21(25)24-14-19(17-9-11-18(27-2)12-10-17)20(15-24)22(26)23-13-16-7-5-4-6-8-16/h4-12,19-20H,3,13-15H2,1-2H3,(H,23,26)/t19-,20-/m0/s1. The first-order valence-electron chi connectivity index (χ1n) is 9.35. The van der Waals surface area contributed by atoms with E-state index in [0.29, 0.717) is 26.1 Å². The van der Waals surface area contributed by atoms with Gasteiger partial charge in [0.1, 0.15) is 5.75 Å². The SMILES string of the molecule is CCC(=O)N1C[C@H](C(=O)NCc2ccccc2)[C@H](c2ccc(OC)cc2)C1. The Morgan fingerprint density at radius 3 is 2.41 bits per heavy atom. The second-order valence-electron chi connectivity index (χ2n) is 6.84. The molecule has 2 atom stereocenters. The zero-order valence-corrected chi connectivity index (χ0v) is 15.9. The van der Waals surface area contributed by atoms with Gasteiger partial charge in [-0.25, -0.2) is 0 Å². The lowest BCUT2D eigenvalue weighted by Gasteiger charge is -2.18. The molecule has 1 aliphatic rings. The summed E-state index contributed by atoms with van der Waals surface area (Å²) in [5.41, 5.74) is 2.12. The number of carbonyl (C=O) groups excluding carboxylic acids is 2. The molecule has 1 saturated heterocycles. The fourth-order valence-electron chi connectivity index (χ4n) is 3.60. The molecule has 5 heteroatoms. The second kappa shape index (κ2) is 8.71. The fourth-order valence-corrected chi connectivity index (χ4v) is 3.60. The van der Waals surface area contributed by atoms with Crippen molar-refractivity contribution in [2.24, 2.45) is 5.92 Å². The van der Waals surface area contributed by atoms with Gasteiger partial charge in [0, 0.05) is 32.0 Å². The van der Waals surface area contributed by atoms with Gasteiger partial charge in [0.15, 0.2) is 0 Å². The first-order chi connectivity index (χ1) is 13.1. The smallest absolute Gasteiger partial charge is 0.225 e. The number of likely N-dealkylation sites (tertiary alicyclic amines) is 1. The van der Waals surface area contributed by atoms with Crippen molar-refractivity contribution in [2.45, 2.75) is 25.8 Å². The van der Waals surface area contributed by atoms with Gasteiger partial charge in [0.25, 0.3) is 0 Å². The summed E-state index contributed by atoms with van der Waals surface area (Å²) in [6, 6.07) is 17.6. The van der Waals surface area contributed by atoms with E-state index in [1.54, 1.807) is 7.11 Å². The number of benzene rings is 2. The summed E-state index contributed by atoms with van der Waals surface area (Å²) in [5.74, 6) is 0.598. The molecule has 0 spiro atoms. The first-order valence-corrected chi connectivity index (χ1v) is 9.35. The average Bonchev–Trinajstić information content (AvgIpc) is 3.18. The molecule has 1 fully saturated rings. The van der Waals surface area contributed by atoms with E-state index in [1.165, 1.54) is 0 Å². The summed E-state index contributed by atoms with van der Waals surface area (Å²) in [5, 5.41) is 3.04. The quantitative estimate of drug-likeness (QED) is 0.855. The third-order valence-corrected chi connectivity index (χ3v) is 5.17. The van der Waals surface area contributed by atoms with E-state index in [2.05, 4.69) is 5.32 Å². The van der Waals surface area contributed by atoms with Crippen molar-refractivity contribution in [1.82, 2.24) is 10.2 Å². The van der Waals surface area contributed by atoms with Crippen LogP contribution >= 0.6 is 0 Å². The van der Waals surface area contributed by atoms with Gasteiger partial charge >= 0.3 is 0 Å². The monoisotopic (exact) mass is 366 g/mol. The molecule has 1 aliphatic heterocycles. The Morgan fingerprint density at radius 1 is 1.07 bits per heavy atom. The fraction of sp³-hybridized carbons (Fsp3) is 0.364. The van der Waals surface area contributed by atoms with Crippen molar-refractivity contribution in [3.63, 3.8) is 0 Å². The third-order valence-electron chi connectivity index (χ3n) is 5.17. The zero-order chi connectivity index (χ0) is 19.2. The molecule has 5 nitrogen and oxygen atoms in total. The van der Waals surface area contributed by atoms with Gasteiger partial charge in [-0.15, -0.1) is 0 Å². The number of methoxy groups -OCH3 is 1. The molecule has 3 rings (SSSR count). The minimum atomic E-state index is -0.252. The summed E-state index contributed by atoms with van der Waals surface area (Å²) >= 11 is 0. The largest absolute Gasteiger partial charge is 0.497 e. The minimum absolute atomic E-state index is 0.00826.